The van der Waals surface area contributed by atoms with Gasteiger partial charge in [-0.15, -0.1) is 0 Å². The van der Waals surface area contributed by atoms with Gasteiger partial charge in [-0.2, -0.15) is 0 Å². The number of hydrogen-bond donors (Lipinski definition) is 1. The molecule has 2 fully saturated rings. The van der Waals surface area contributed by atoms with E-state index in [-0.39, 0.29) is 30.0 Å². The van der Waals surface area contributed by atoms with Crippen LogP contribution in [0, 0.1) is 11.8 Å². The molecule has 2 aliphatic rings. The van der Waals surface area contributed by atoms with Crippen molar-refractivity contribution < 1.29 is 23.4 Å². The summed E-state index contributed by atoms with van der Waals surface area (Å²) < 4.78 is 34.1. The third-order valence-corrected chi connectivity index (χ3v) is 7.00. The first-order valence-electron chi connectivity index (χ1n) is 11.3. The van der Waals surface area contributed by atoms with Crippen molar-refractivity contribution in [2.75, 3.05) is 13.1 Å². The number of nitrogens with zero attached hydrogens (tertiary/aromatic N) is 1. The van der Waals surface area contributed by atoms with Gasteiger partial charge in [0.15, 0.2) is 0 Å². The molecule has 4 rings (SSSR count). The fourth-order valence-electron chi connectivity index (χ4n) is 4.98. The highest BCUT2D eigenvalue weighted by Gasteiger charge is 2.32. The van der Waals surface area contributed by atoms with Crippen molar-refractivity contribution in [3.05, 3.63) is 41.5 Å². The number of alkyl halides is 2. The Kier molecular flexibility index (Phi) is 6.47. The smallest absolute Gasteiger partial charge is 0.303 e. The second-order valence-electron chi connectivity index (χ2n) is 9.35. The predicted molar refractivity (Wildman–Crippen MR) is 117 cm³/mol. The van der Waals surface area contributed by atoms with Crippen LogP contribution in [-0.4, -0.2) is 35.2 Å². The number of carboxylic acids is 1. The number of hydrogen-bond acceptors (Lipinski definition) is 3. The third-order valence-electron chi connectivity index (χ3n) is 7.00. The van der Waals surface area contributed by atoms with E-state index in [4.69, 9.17) is 9.84 Å². The van der Waals surface area contributed by atoms with Crippen LogP contribution < -0.4 is 4.74 Å². The zero-order chi connectivity index (χ0) is 22.1. The van der Waals surface area contributed by atoms with E-state index in [0.717, 1.165) is 49.7 Å². The van der Waals surface area contributed by atoms with Gasteiger partial charge in [-0.1, -0.05) is 25.1 Å². The number of ether oxygens (including phenoxy) is 1. The lowest BCUT2D eigenvalue weighted by Gasteiger charge is -2.43. The van der Waals surface area contributed by atoms with Crippen molar-refractivity contribution in [1.29, 1.82) is 0 Å². The topological polar surface area (TPSA) is 49.8 Å². The first-order valence-corrected chi connectivity index (χ1v) is 11.3. The van der Waals surface area contributed by atoms with Gasteiger partial charge in [-0.05, 0) is 72.9 Å². The first-order chi connectivity index (χ1) is 14.8. The van der Waals surface area contributed by atoms with Crippen LogP contribution in [0.25, 0.3) is 10.8 Å². The maximum absolute atomic E-state index is 14.0. The van der Waals surface area contributed by atoms with Gasteiger partial charge in [0.1, 0.15) is 5.75 Å². The quantitative estimate of drug-likeness (QED) is 0.567. The van der Waals surface area contributed by atoms with E-state index in [9.17, 15) is 13.6 Å². The number of carboxylic acid groups (broad SMARTS) is 1. The van der Waals surface area contributed by atoms with E-state index in [2.05, 4.69) is 18.7 Å². The third kappa shape index (κ3) is 4.84. The lowest BCUT2D eigenvalue weighted by Crippen LogP contribution is -2.48. The molecule has 1 aliphatic heterocycles. The van der Waals surface area contributed by atoms with Crippen molar-refractivity contribution in [2.24, 2.45) is 11.8 Å². The molecule has 4 nitrogen and oxygen atoms in total. The zero-order valence-corrected chi connectivity index (χ0v) is 18.2. The number of benzene rings is 2. The van der Waals surface area contributed by atoms with E-state index in [1.165, 1.54) is 0 Å². The first kappa shape index (κ1) is 22.0. The molecule has 0 amide bonds. The number of halogens is 2. The molecule has 0 spiro atoms. The predicted octanol–water partition coefficient (Wildman–Crippen LogP) is 6.20. The second-order valence-corrected chi connectivity index (χ2v) is 9.35. The van der Waals surface area contributed by atoms with Crippen LogP contribution in [-0.2, 0) is 4.79 Å². The fourth-order valence-corrected chi connectivity index (χ4v) is 4.98. The highest BCUT2D eigenvalue weighted by atomic mass is 19.3. The van der Waals surface area contributed by atoms with Gasteiger partial charge in [0.05, 0.1) is 18.1 Å². The minimum atomic E-state index is -2.60. The summed E-state index contributed by atoms with van der Waals surface area (Å²) in [4.78, 5) is 13.1. The molecule has 31 heavy (non-hydrogen) atoms. The molecule has 1 unspecified atom stereocenters. The highest BCUT2D eigenvalue weighted by molar-refractivity contribution is 5.88. The minimum absolute atomic E-state index is 0.00982. The van der Waals surface area contributed by atoms with E-state index in [1.54, 1.807) is 12.1 Å². The average Bonchev–Trinajstić information content (AvgIpc) is 2.70. The molecule has 2 aromatic rings. The van der Waals surface area contributed by atoms with Gasteiger partial charge in [-0.3, -0.25) is 9.69 Å². The van der Waals surface area contributed by atoms with Crippen LogP contribution in [0.15, 0.2) is 30.3 Å². The van der Waals surface area contributed by atoms with Crippen molar-refractivity contribution in [2.45, 2.75) is 64.5 Å². The number of fused-ring (bicyclic) bond motifs is 1. The van der Waals surface area contributed by atoms with Gasteiger partial charge in [0, 0.05) is 19.1 Å². The summed E-state index contributed by atoms with van der Waals surface area (Å²) in [6.07, 6.45) is 1.59. The molecular weight excluding hydrogens is 400 g/mol. The van der Waals surface area contributed by atoms with Crippen molar-refractivity contribution in [3.8, 4) is 5.75 Å². The van der Waals surface area contributed by atoms with Crippen LogP contribution >= 0.6 is 0 Å². The van der Waals surface area contributed by atoms with Gasteiger partial charge >= 0.3 is 5.97 Å². The molecule has 1 atom stereocenters. The summed E-state index contributed by atoms with van der Waals surface area (Å²) in [5, 5.41) is 10.3. The lowest BCUT2D eigenvalue weighted by atomic mass is 9.89. The molecule has 0 bridgehead atoms. The van der Waals surface area contributed by atoms with E-state index in [0.29, 0.717) is 17.1 Å². The molecule has 168 valence electrons. The normalized spacial score (nSPS) is 23.6. The molecule has 1 heterocycles. The zero-order valence-electron chi connectivity index (χ0n) is 18.2. The minimum Gasteiger partial charge on any atom is -0.490 e. The monoisotopic (exact) mass is 431 g/mol. The largest absolute Gasteiger partial charge is 0.490 e. The fraction of sp³-hybridized carbons (Fsp3) is 0.560. The van der Waals surface area contributed by atoms with E-state index < -0.39 is 12.4 Å². The standard InChI is InChI=1S/C25H31F2NO3/c1-15-3-7-20(8-4-15)31-22-10-6-19-12-18(5-9-21(19)24(22)25(26)27)16(2)28-13-17(14-28)11-23(29)30/h5-6,9-10,12,15-17,20,25H,3-4,7-8,11,13-14H2,1-2H3,(H,29,30)/t15-,16?,20+. The Hall–Kier alpha value is -2.21. The Labute approximate surface area is 182 Å². The molecule has 1 saturated heterocycles. The van der Waals surface area contributed by atoms with Crippen LogP contribution in [0.5, 0.6) is 5.75 Å². The van der Waals surface area contributed by atoms with Crippen molar-refractivity contribution in [1.82, 2.24) is 4.90 Å². The maximum Gasteiger partial charge on any atom is 0.303 e. The molecule has 6 heteroatoms. The van der Waals surface area contributed by atoms with Crippen molar-refractivity contribution >= 4 is 16.7 Å². The Morgan fingerprint density at radius 2 is 1.87 bits per heavy atom. The molecule has 0 aromatic heterocycles. The summed E-state index contributed by atoms with van der Waals surface area (Å²) in [6, 6.07) is 9.36. The van der Waals surface area contributed by atoms with Crippen LogP contribution in [0.1, 0.15) is 69.5 Å². The molecule has 0 radical (unpaired) electrons. The summed E-state index contributed by atoms with van der Waals surface area (Å²) in [5.74, 6) is 0.413. The van der Waals surface area contributed by atoms with Crippen LogP contribution in [0.4, 0.5) is 8.78 Å². The molecule has 1 N–H and O–H groups in total. The van der Waals surface area contributed by atoms with Gasteiger partial charge in [0.25, 0.3) is 6.43 Å². The molecule has 1 aliphatic carbocycles. The van der Waals surface area contributed by atoms with Gasteiger partial charge in [-0.25, -0.2) is 8.78 Å². The Bertz CT molecular complexity index is 934. The summed E-state index contributed by atoms with van der Waals surface area (Å²) in [5.41, 5.74) is 1.04. The number of rotatable bonds is 7. The van der Waals surface area contributed by atoms with Crippen LogP contribution in [0.3, 0.4) is 0 Å². The number of carbonyl (C=O) groups is 1. The Morgan fingerprint density at radius 3 is 2.52 bits per heavy atom. The molecule has 2 aromatic carbocycles. The Balaban J connectivity index is 1.53. The number of likely N-dealkylation sites (tertiary alicyclic amines) is 1. The average molecular weight is 432 g/mol. The molecule has 1 saturated carbocycles. The maximum atomic E-state index is 14.0. The number of aliphatic carboxylic acids is 1. The lowest BCUT2D eigenvalue weighted by molar-refractivity contribution is -0.139. The summed E-state index contributed by atoms with van der Waals surface area (Å²) >= 11 is 0. The second kappa shape index (κ2) is 9.11. The SMILES string of the molecule is CC(c1ccc2c(C(F)F)c(O[C@H]3CC[C@@H](C)CC3)ccc2c1)N1CC(CC(=O)O)C1. The summed E-state index contributed by atoms with van der Waals surface area (Å²) in [7, 11) is 0. The van der Waals surface area contributed by atoms with E-state index in [1.807, 2.05) is 18.2 Å². The van der Waals surface area contributed by atoms with Gasteiger partial charge in [0.2, 0.25) is 0 Å². The van der Waals surface area contributed by atoms with Crippen molar-refractivity contribution in [3.63, 3.8) is 0 Å². The molecular formula is C25H31F2NO3. The highest BCUT2D eigenvalue weighted by Crippen LogP contribution is 2.39. The van der Waals surface area contributed by atoms with E-state index >= 15 is 0 Å². The van der Waals surface area contributed by atoms with Gasteiger partial charge < -0.3 is 9.84 Å². The van der Waals surface area contributed by atoms with Crippen LogP contribution in [0.2, 0.25) is 0 Å². The Morgan fingerprint density at radius 1 is 1.16 bits per heavy atom. The summed E-state index contributed by atoms with van der Waals surface area (Å²) in [6.45, 7) is 5.80.